The predicted molar refractivity (Wildman–Crippen MR) is 38.8 cm³/mol. The van der Waals surface area contributed by atoms with Gasteiger partial charge in [-0.1, -0.05) is 0 Å². The van der Waals surface area contributed by atoms with Crippen LogP contribution in [0.3, 0.4) is 0 Å². The van der Waals surface area contributed by atoms with Crippen LogP contribution in [0.1, 0.15) is 6.92 Å². The van der Waals surface area contributed by atoms with Gasteiger partial charge in [0, 0.05) is 6.54 Å². The first-order valence-electron chi connectivity index (χ1n) is 3.03. The van der Waals surface area contributed by atoms with Gasteiger partial charge in [-0.3, -0.25) is 4.79 Å². The van der Waals surface area contributed by atoms with E-state index in [9.17, 15) is 4.79 Å². The van der Waals surface area contributed by atoms with Crippen molar-refractivity contribution in [1.29, 1.82) is 0 Å². The maximum absolute atomic E-state index is 10.4. The Morgan fingerprint density at radius 1 is 1.70 bits per heavy atom. The molecule has 0 aliphatic rings. The third-order valence-electron chi connectivity index (χ3n) is 1.13. The van der Waals surface area contributed by atoms with Crippen LogP contribution in [0.4, 0.5) is 0 Å². The highest BCUT2D eigenvalue weighted by atomic mass is 16.4. The number of rotatable bonds is 3. The number of aliphatic carboxylic acids is 1. The molecule has 10 heavy (non-hydrogen) atoms. The van der Waals surface area contributed by atoms with E-state index in [0.29, 0.717) is 6.54 Å². The molecule has 0 saturated carbocycles. The molecule has 0 rings (SSSR count). The second kappa shape index (κ2) is 2.98. The average molecular weight is 146 g/mol. The maximum Gasteiger partial charge on any atom is 0.324 e. The van der Waals surface area contributed by atoms with Gasteiger partial charge in [-0.05, 0) is 21.0 Å². The molecule has 60 valence electrons. The van der Waals surface area contributed by atoms with Crippen molar-refractivity contribution in [3.05, 3.63) is 0 Å². The number of nitrogens with two attached hydrogens (primary N) is 1. The molecule has 0 aromatic rings. The summed E-state index contributed by atoms with van der Waals surface area (Å²) in [5.74, 6) is -0.971. The number of hydrogen-bond donors (Lipinski definition) is 2. The average Bonchev–Trinajstić information content (AvgIpc) is 1.60. The van der Waals surface area contributed by atoms with Crippen LogP contribution < -0.4 is 5.73 Å². The van der Waals surface area contributed by atoms with Gasteiger partial charge in [-0.25, -0.2) is 0 Å². The Bertz CT molecular complexity index is 132. The van der Waals surface area contributed by atoms with Crippen molar-refractivity contribution in [3.8, 4) is 0 Å². The maximum atomic E-state index is 10.4. The van der Waals surface area contributed by atoms with Crippen LogP contribution in [0.25, 0.3) is 0 Å². The predicted octanol–water partition coefficient (Wildman–Crippen LogP) is -0.650. The second-order valence-electron chi connectivity index (χ2n) is 2.96. The molecule has 0 unspecified atom stereocenters. The van der Waals surface area contributed by atoms with E-state index >= 15 is 0 Å². The van der Waals surface area contributed by atoms with Crippen molar-refractivity contribution < 1.29 is 9.90 Å². The first-order valence-corrected chi connectivity index (χ1v) is 3.03. The molecule has 0 aliphatic heterocycles. The standard InChI is InChI=1S/C6H14N2O2/c1-6(7,5(9)10)4-8(2)3/h4,7H2,1-3H3,(H,9,10)/t6-/m0/s1. The highest BCUT2D eigenvalue weighted by Gasteiger charge is 2.27. The largest absolute Gasteiger partial charge is 0.480 e. The summed E-state index contributed by atoms with van der Waals surface area (Å²) in [5, 5.41) is 8.54. The summed E-state index contributed by atoms with van der Waals surface area (Å²) in [5.41, 5.74) is 4.28. The molecular weight excluding hydrogens is 132 g/mol. The molecule has 0 amide bonds. The van der Waals surface area contributed by atoms with Crippen molar-refractivity contribution in [3.63, 3.8) is 0 Å². The zero-order valence-corrected chi connectivity index (χ0v) is 6.59. The Balaban J connectivity index is 4.00. The number of hydrogen-bond acceptors (Lipinski definition) is 3. The summed E-state index contributed by atoms with van der Waals surface area (Å²) in [6.45, 7) is 1.84. The van der Waals surface area contributed by atoms with Crippen LogP contribution in [-0.4, -0.2) is 42.2 Å². The molecule has 0 aromatic heterocycles. The van der Waals surface area contributed by atoms with E-state index in [0.717, 1.165) is 0 Å². The Kier molecular flexibility index (Phi) is 2.80. The minimum absolute atomic E-state index is 0.350. The summed E-state index contributed by atoms with van der Waals surface area (Å²) in [6, 6.07) is 0. The van der Waals surface area contributed by atoms with E-state index in [1.54, 1.807) is 19.0 Å². The Labute approximate surface area is 60.6 Å². The summed E-state index contributed by atoms with van der Waals surface area (Å²) < 4.78 is 0. The van der Waals surface area contributed by atoms with Crippen LogP contribution in [0.5, 0.6) is 0 Å². The summed E-state index contributed by atoms with van der Waals surface area (Å²) in [7, 11) is 3.57. The first kappa shape index (κ1) is 9.39. The lowest BCUT2D eigenvalue weighted by Crippen LogP contribution is -2.52. The molecule has 0 bridgehead atoms. The van der Waals surface area contributed by atoms with Gasteiger partial charge in [0.2, 0.25) is 0 Å². The number of nitrogens with zero attached hydrogens (tertiary/aromatic N) is 1. The van der Waals surface area contributed by atoms with E-state index in [2.05, 4.69) is 0 Å². The van der Waals surface area contributed by atoms with Crippen molar-refractivity contribution in [2.24, 2.45) is 5.73 Å². The third kappa shape index (κ3) is 2.80. The zero-order chi connectivity index (χ0) is 8.36. The van der Waals surface area contributed by atoms with Gasteiger partial charge in [-0.15, -0.1) is 0 Å². The first-order chi connectivity index (χ1) is 4.36. The van der Waals surface area contributed by atoms with Crippen LogP contribution in [-0.2, 0) is 4.79 Å². The smallest absolute Gasteiger partial charge is 0.324 e. The van der Waals surface area contributed by atoms with Crippen LogP contribution in [0.15, 0.2) is 0 Å². The fourth-order valence-electron chi connectivity index (χ4n) is 0.725. The van der Waals surface area contributed by atoms with Crippen molar-refractivity contribution >= 4 is 5.97 Å². The number of carboxylic acids is 1. The van der Waals surface area contributed by atoms with Crippen molar-refractivity contribution in [1.82, 2.24) is 4.90 Å². The summed E-state index contributed by atoms with van der Waals surface area (Å²) >= 11 is 0. The lowest BCUT2D eigenvalue weighted by Gasteiger charge is -2.22. The molecule has 0 radical (unpaired) electrons. The van der Waals surface area contributed by atoms with E-state index in [4.69, 9.17) is 10.8 Å². The topological polar surface area (TPSA) is 66.6 Å². The molecule has 0 aliphatic carbocycles. The molecule has 0 spiro atoms. The van der Waals surface area contributed by atoms with Gasteiger partial charge < -0.3 is 15.7 Å². The molecule has 0 heterocycles. The molecule has 0 aromatic carbocycles. The highest BCUT2D eigenvalue weighted by Crippen LogP contribution is 1.99. The molecule has 0 saturated heterocycles. The lowest BCUT2D eigenvalue weighted by atomic mass is 10.0. The van der Waals surface area contributed by atoms with Crippen LogP contribution >= 0.6 is 0 Å². The van der Waals surface area contributed by atoms with Gasteiger partial charge >= 0.3 is 5.97 Å². The molecule has 4 nitrogen and oxygen atoms in total. The van der Waals surface area contributed by atoms with E-state index in [1.165, 1.54) is 6.92 Å². The number of likely N-dealkylation sites (N-methyl/N-ethyl adjacent to an activating group) is 1. The highest BCUT2D eigenvalue weighted by molar-refractivity contribution is 5.78. The quantitative estimate of drug-likeness (QED) is 0.555. The van der Waals surface area contributed by atoms with Gasteiger partial charge in [0.05, 0.1) is 0 Å². The zero-order valence-electron chi connectivity index (χ0n) is 6.59. The van der Waals surface area contributed by atoms with E-state index in [-0.39, 0.29) is 0 Å². The van der Waals surface area contributed by atoms with Gasteiger partial charge in [-0.2, -0.15) is 0 Å². The van der Waals surface area contributed by atoms with Gasteiger partial charge in [0.1, 0.15) is 5.54 Å². The van der Waals surface area contributed by atoms with Crippen LogP contribution in [0, 0.1) is 0 Å². The SMILES string of the molecule is CN(C)C[C@](C)(N)C(=O)O. The van der Waals surface area contributed by atoms with Gasteiger partial charge in [0.25, 0.3) is 0 Å². The molecular formula is C6H14N2O2. The van der Waals surface area contributed by atoms with E-state index < -0.39 is 11.5 Å². The Morgan fingerprint density at radius 2 is 2.10 bits per heavy atom. The normalized spacial score (nSPS) is 16.9. The summed E-state index contributed by atoms with van der Waals surface area (Å²) in [6.07, 6.45) is 0. The molecule has 3 N–H and O–H groups in total. The fourth-order valence-corrected chi connectivity index (χ4v) is 0.725. The lowest BCUT2D eigenvalue weighted by molar-refractivity contribution is -0.143. The summed E-state index contributed by atoms with van der Waals surface area (Å²) in [4.78, 5) is 12.1. The minimum atomic E-state index is -1.14. The van der Waals surface area contributed by atoms with E-state index in [1.807, 2.05) is 0 Å². The number of carboxylic acid groups (broad SMARTS) is 1. The van der Waals surface area contributed by atoms with Crippen molar-refractivity contribution in [2.75, 3.05) is 20.6 Å². The molecule has 1 atom stereocenters. The number of carbonyl (C=O) groups is 1. The molecule has 0 fully saturated rings. The van der Waals surface area contributed by atoms with Gasteiger partial charge in [0.15, 0.2) is 0 Å². The molecule has 4 heteroatoms. The Hall–Kier alpha value is -0.610. The Morgan fingerprint density at radius 3 is 2.20 bits per heavy atom. The fraction of sp³-hybridized carbons (Fsp3) is 0.833. The third-order valence-corrected chi connectivity index (χ3v) is 1.13. The monoisotopic (exact) mass is 146 g/mol. The van der Waals surface area contributed by atoms with Crippen LogP contribution in [0.2, 0.25) is 0 Å². The minimum Gasteiger partial charge on any atom is -0.480 e. The van der Waals surface area contributed by atoms with Crippen molar-refractivity contribution in [2.45, 2.75) is 12.5 Å². The second-order valence-corrected chi connectivity index (χ2v) is 2.96.